The number of nitrogens with zero attached hydrogens (tertiary/aromatic N) is 3. The van der Waals surface area contributed by atoms with Crippen molar-refractivity contribution in [3.63, 3.8) is 0 Å². The first-order chi connectivity index (χ1) is 8.12. The number of aromatic nitrogens is 1. The molecule has 1 fully saturated rings. The molecule has 90 valence electrons. The Morgan fingerprint density at radius 2 is 2.29 bits per heavy atom. The molecule has 0 spiro atoms. The number of anilines is 1. The number of rotatable bonds is 1. The lowest BCUT2D eigenvalue weighted by Crippen LogP contribution is -2.27. The minimum absolute atomic E-state index is 0.337. The first kappa shape index (κ1) is 12.3. The Hall–Kier alpha value is -1.21. The molecule has 17 heavy (non-hydrogen) atoms. The van der Waals surface area contributed by atoms with Crippen molar-refractivity contribution in [2.75, 3.05) is 23.7 Å². The van der Waals surface area contributed by atoms with Gasteiger partial charge >= 0.3 is 0 Å². The fourth-order valence-electron chi connectivity index (χ4n) is 1.99. The number of pyridine rings is 1. The van der Waals surface area contributed by atoms with Crippen molar-refractivity contribution in [2.45, 2.75) is 25.0 Å². The van der Waals surface area contributed by atoms with Crippen molar-refractivity contribution in [1.29, 1.82) is 5.26 Å². The Morgan fingerprint density at radius 3 is 3.06 bits per heavy atom. The highest BCUT2D eigenvalue weighted by atomic mass is 32.2. The monoisotopic (exact) mass is 247 g/mol. The van der Waals surface area contributed by atoms with Crippen LogP contribution < -0.4 is 4.90 Å². The molecule has 0 saturated carbocycles. The molecule has 0 aromatic carbocycles. The second kappa shape index (κ2) is 4.97. The summed E-state index contributed by atoms with van der Waals surface area (Å²) in [6.45, 7) is 6.57. The largest absolute Gasteiger partial charge is 0.368 e. The second-order valence-electron chi connectivity index (χ2n) is 4.85. The van der Waals surface area contributed by atoms with Gasteiger partial charge in [0.2, 0.25) is 0 Å². The zero-order valence-corrected chi connectivity index (χ0v) is 11.1. The van der Waals surface area contributed by atoms with Crippen LogP contribution in [0.5, 0.6) is 0 Å². The number of thioether (sulfide) groups is 1. The van der Waals surface area contributed by atoms with Crippen molar-refractivity contribution in [1.82, 2.24) is 4.98 Å². The molecular weight excluding hydrogens is 230 g/mol. The normalized spacial score (nSPS) is 19.5. The van der Waals surface area contributed by atoms with Gasteiger partial charge in [-0.3, -0.25) is 4.98 Å². The van der Waals surface area contributed by atoms with Gasteiger partial charge in [-0.25, -0.2) is 0 Å². The summed E-state index contributed by atoms with van der Waals surface area (Å²) in [6.07, 6.45) is 4.62. The summed E-state index contributed by atoms with van der Waals surface area (Å²) >= 11 is 2.01. The first-order valence-electron chi connectivity index (χ1n) is 5.85. The standard InChI is InChI=1S/C13H17N3S/c1-13(2)4-6-16(7-8-17-13)12-10-15-5-3-11(12)9-14/h3,5,10H,4,6-8H2,1-2H3. The van der Waals surface area contributed by atoms with Crippen LogP contribution in [0.3, 0.4) is 0 Å². The van der Waals surface area contributed by atoms with E-state index in [1.807, 2.05) is 18.0 Å². The lowest BCUT2D eigenvalue weighted by Gasteiger charge is -2.24. The molecule has 0 radical (unpaired) electrons. The average Bonchev–Trinajstić information content (AvgIpc) is 2.50. The molecule has 0 bridgehead atoms. The van der Waals surface area contributed by atoms with Gasteiger partial charge in [0.05, 0.1) is 17.4 Å². The molecular formula is C13H17N3S. The smallest absolute Gasteiger partial charge is 0.101 e. The van der Waals surface area contributed by atoms with Gasteiger partial charge in [-0.1, -0.05) is 13.8 Å². The van der Waals surface area contributed by atoms with Crippen molar-refractivity contribution in [2.24, 2.45) is 0 Å². The van der Waals surface area contributed by atoms with Gasteiger partial charge in [-0.2, -0.15) is 17.0 Å². The van der Waals surface area contributed by atoms with Crippen LogP contribution in [0.1, 0.15) is 25.8 Å². The van der Waals surface area contributed by atoms with E-state index in [-0.39, 0.29) is 0 Å². The highest BCUT2D eigenvalue weighted by molar-refractivity contribution is 8.00. The van der Waals surface area contributed by atoms with Gasteiger partial charge in [0, 0.05) is 29.8 Å². The van der Waals surface area contributed by atoms with E-state index in [0.717, 1.165) is 36.5 Å². The fraction of sp³-hybridized carbons (Fsp3) is 0.538. The molecule has 0 aliphatic carbocycles. The summed E-state index contributed by atoms with van der Waals surface area (Å²) in [7, 11) is 0. The summed E-state index contributed by atoms with van der Waals surface area (Å²) in [5, 5.41) is 9.11. The molecule has 1 aliphatic heterocycles. The van der Waals surface area contributed by atoms with Gasteiger partial charge < -0.3 is 4.90 Å². The van der Waals surface area contributed by atoms with E-state index in [2.05, 4.69) is 29.8 Å². The van der Waals surface area contributed by atoms with Crippen molar-refractivity contribution in [3.8, 4) is 6.07 Å². The SMILES string of the molecule is CC1(C)CCN(c2cnccc2C#N)CCS1. The van der Waals surface area contributed by atoms with Gasteiger partial charge in [0.15, 0.2) is 0 Å². The third kappa shape index (κ3) is 2.92. The van der Waals surface area contributed by atoms with Crippen molar-refractivity contribution >= 4 is 17.4 Å². The molecule has 0 N–H and O–H groups in total. The quantitative estimate of drug-likeness (QED) is 0.765. The molecule has 3 nitrogen and oxygen atoms in total. The van der Waals surface area contributed by atoms with Crippen LogP contribution in [0.2, 0.25) is 0 Å². The lowest BCUT2D eigenvalue weighted by molar-refractivity contribution is 0.637. The Bertz CT molecular complexity index is 437. The van der Waals surface area contributed by atoms with E-state index < -0.39 is 0 Å². The molecule has 0 atom stereocenters. The van der Waals surface area contributed by atoms with E-state index in [1.165, 1.54) is 0 Å². The van der Waals surface area contributed by atoms with Crippen LogP contribution in [0, 0.1) is 11.3 Å². The molecule has 2 heterocycles. The minimum Gasteiger partial charge on any atom is -0.368 e. The summed E-state index contributed by atoms with van der Waals surface area (Å²) in [4.78, 5) is 6.42. The molecule has 1 aromatic rings. The van der Waals surface area contributed by atoms with Crippen LogP contribution in [-0.2, 0) is 0 Å². The van der Waals surface area contributed by atoms with Crippen molar-refractivity contribution in [3.05, 3.63) is 24.0 Å². The van der Waals surface area contributed by atoms with Crippen LogP contribution in [0.4, 0.5) is 5.69 Å². The fourth-order valence-corrected chi connectivity index (χ4v) is 3.09. The highest BCUT2D eigenvalue weighted by Crippen LogP contribution is 2.32. The summed E-state index contributed by atoms with van der Waals surface area (Å²) < 4.78 is 0.337. The Morgan fingerprint density at radius 1 is 1.47 bits per heavy atom. The zero-order chi connectivity index (χ0) is 12.3. The zero-order valence-electron chi connectivity index (χ0n) is 10.3. The minimum atomic E-state index is 0.337. The topological polar surface area (TPSA) is 39.9 Å². The predicted molar refractivity (Wildman–Crippen MR) is 72.3 cm³/mol. The first-order valence-corrected chi connectivity index (χ1v) is 6.84. The van der Waals surface area contributed by atoms with Gasteiger partial charge in [-0.15, -0.1) is 0 Å². The van der Waals surface area contributed by atoms with Crippen LogP contribution in [0.15, 0.2) is 18.5 Å². The Balaban J connectivity index is 2.20. The maximum absolute atomic E-state index is 9.11. The van der Waals surface area contributed by atoms with Crippen LogP contribution >= 0.6 is 11.8 Å². The average molecular weight is 247 g/mol. The van der Waals surface area contributed by atoms with E-state index >= 15 is 0 Å². The van der Waals surface area contributed by atoms with Gasteiger partial charge in [-0.05, 0) is 12.5 Å². The van der Waals surface area contributed by atoms with Gasteiger partial charge in [0.25, 0.3) is 0 Å². The highest BCUT2D eigenvalue weighted by Gasteiger charge is 2.24. The Labute approximate surface area is 107 Å². The molecule has 1 aliphatic rings. The summed E-state index contributed by atoms with van der Waals surface area (Å²) in [6, 6.07) is 4.04. The number of nitriles is 1. The second-order valence-corrected chi connectivity index (χ2v) is 6.65. The Kier molecular flexibility index (Phi) is 3.58. The maximum atomic E-state index is 9.11. The van der Waals surface area contributed by atoms with Crippen molar-refractivity contribution < 1.29 is 0 Å². The maximum Gasteiger partial charge on any atom is 0.101 e. The van der Waals surface area contributed by atoms with Gasteiger partial charge in [0.1, 0.15) is 6.07 Å². The molecule has 1 aromatic heterocycles. The summed E-state index contributed by atoms with van der Waals surface area (Å²) in [5.41, 5.74) is 1.71. The lowest BCUT2D eigenvalue weighted by atomic mass is 10.1. The molecule has 2 rings (SSSR count). The number of hydrogen-bond donors (Lipinski definition) is 0. The summed E-state index contributed by atoms with van der Waals surface area (Å²) in [5.74, 6) is 1.10. The molecule has 4 heteroatoms. The van der Waals surface area contributed by atoms with Crippen LogP contribution in [-0.4, -0.2) is 28.6 Å². The van der Waals surface area contributed by atoms with Crippen LogP contribution in [0.25, 0.3) is 0 Å². The molecule has 0 unspecified atom stereocenters. The van der Waals surface area contributed by atoms with E-state index in [1.54, 1.807) is 12.3 Å². The third-order valence-electron chi connectivity index (χ3n) is 3.10. The van der Waals surface area contributed by atoms with E-state index in [9.17, 15) is 0 Å². The predicted octanol–water partition coefficient (Wildman–Crippen LogP) is 2.68. The van der Waals surface area contributed by atoms with E-state index in [4.69, 9.17) is 5.26 Å². The van der Waals surface area contributed by atoms with E-state index in [0.29, 0.717) is 4.75 Å². The molecule has 0 amide bonds. The third-order valence-corrected chi connectivity index (χ3v) is 4.47. The number of hydrogen-bond acceptors (Lipinski definition) is 4. The molecule has 1 saturated heterocycles.